The van der Waals surface area contributed by atoms with Crippen LogP contribution in [0.25, 0.3) is 0 Å². The number of aliphatic hydroxyl groups is 2. The quantitative estimate of drug-likeness (QED) is 0.749. The molecule has 0 aromatic heterocycles. The van der Waals surface area contributed by atoms with Crippen LogP contribution in [-0.4, -0.2) is 22.4 Å². The molecule has 1 aliphatic carbocycles. The summed E-state index contributed by atoms with van der Waals surface area (Å²) in [6.45, 7) is 11.1. The van der Waals surface area contributed by atoms with Gasteiger partial charge >= 0.3 is 0 Å². The SMILES string of the molecule is C=C/C=C\C1=C(C)C(=C/C)/C(=C\C=C)C(O)C1O. The minimum absolute atomic E-state index is 0.702. The predicted molar refractivity (Wildman–Crippen MR) is 76.1 cm³/mol. The molecule has 0 spiro atoms. The highest BCUT2D eigenvalue weighted by Crippen LogP contribution is 2.35. The minimum atomic E-state index is -0.928. The first-order valence-corrected chi connectivity index (χ1v) is 5.94. The molecule has 1 rings (SSSR count). The van der Waals surface area contributed by atoms with Crippen molar-refractivity contribution in [3.63, 3.8) is 0 Å². The van der Waals surface area contributed by atoms with E-state index in [0.29, 0.717) is 5.57 Å². The molecule has 2 N–H and O–H groups in total. The van der Waals surface area contributed by atoms with E-state index in [-0.39, 0.29) is 0 Å². The van der Waals surface area contributed by atoms with Gasteiger partial charge in [-0.2, -0.15) is 0 Å². The second-order valence-electron chi connectivity index (χ2n) is 4.12. The van der Waals surface area contributed by atoms with Crippen LogP contribution in [0.3, 0.4) is 0 Å². The fourth-order valence-corrected chi connectivity index (χ4v) is 2.19. The van der Waals surface area contributed by atoms with E-state index < -0.39 is 12.2 Å². The number of aliphatic hydroxyl groups excluding tert-OH is 2. The highest BCUT2D eigenvalue weighted by atomic mass is 16.3. The minimum Gasteiger partial charge on any atom is -0.385 e. The van der Waals surface area contributed by atoms with Gasteiger partial charge in [-0.25, -0.2) is 0 Å². The maximum atomic E-state index is 10.2. The summed E-state index contributed by atoms with van der Waals surface area (Å²) >= 11 is 0. The number of rotatable bonds is 3. The van der Waals surface area contributed by atoms with Crippen LogP contribution in [0.5, 0.6) is 0 Å². The second-order valence-corrected chi connectivity index (χ2v) is 4.12. The summed E-state index contributed by atoms with van der Waals surface area (Å²) in [7, 11) is 0. The molecule has 0 aromatic carbocycles. The zero-order valence-corrected chi connectivity index (χ0v) is 10.9. The normalized spacial score (nSPS) is 29.3. The van der Waals surface area contributed by atoms with Crippen molar-refractivity contribution < 1.29 is 10.2 Å². The van der Waals surface area contributed by atoms with Crippen molar-refractivity contribution in [2.45, 2.75) is 26.1 Å². The Morgan fingerprint density at radius 3 is 2.28 bits per heavy atom. The molecule has 0 heterocycles. The van der Waals surface area contributed by atoms with Crippen LogP contribution in [0, 0.1) is 0 Å². The summed E-state index contributed by atoms with van der Waals surface area (Å²) in [6.07, 6.45) is 8.62. The molecule has 2 heteroatoms. The van der Waals surface area contributed by atoms with Gasteiger partial charge < -0.3 is 10.2 Å². The van der Waals surface area contributed by atoms with Crippen molar-refractivity contribution in [1.82, 2.24) is 0 Å². The summed E-state index contributed by atoms with van der Waals surface area (Å²) in [5, 5.41) is 20.3. The van der Waals surface area contributed by atoms with Gasteiger partial charge in [-0.15, -0.1) is 0 Å². The Morgan fingerprint density at radius 1 is 1.11 bits per heavy atom. The molecule has 0 aliphatic heterocycles. The molecule has 2 atom stereocenters. The molecule has 96 valence electrons. The average Bonchev–Trinajstić information content (AvgIpc) is 2.36. The molecular formula is C16H20O2. The smallest absolute Gasteiger partial charge is 0.110 e. The van der Waals surface area contributed by atoms with Gasteiger partial charge in [-0.1, -0.05) is 49.6 Å². The van der Waals surface area contributed by atoms with E-state index in [1.165, 1.54) is 0 Å². The van der Waals surface area contributed by atoms with Gasteiger partial charge in [0.15, 0.2) is 0 Å². The van der Waals surface area contributed by atoms with E-state index in [0.717, 1.165) is 16.7 Å². The van der Waals surface area contributed by atoms with Gasteiger partial charge in [0, 0.05) is 0 Å². The summed E-state index contributed by atoms with van der Waals surface area (Å²) < 4.78 is 0. The molecule has 0 saturated carbocycles. The zero-order valence-electron chi connectivity index (χ0n) is 10.9. The van der Waals surface area contributed by atoms with Crippen molar-refractivity contribution in [2.24, 2.45) is 0 Å². The Labute approximate surface area is 109 Å². The lowest BCUT2D eigenvalue weighted by molar-refractivity contribution is 0.0658. The number of hydrogen-bond acceptors (Lipinski definition) is 2. The van der Waals surface area contributed by atoms with Gasteiger partial charge in [0.05, 0.1) is 0 Å². The van der Waals surface area contributed by atoms with Crippen LogP contribution in [0.1, 0.15) is 13.8 Å². The van der Waals surface area contributed by atoms with Crippen LogP contribution in [-0.2, 0) is 0 Å². The Balaban J connectivity index is 3.40. The van der Waals surface area contributed by atoms with Gasteiger partial charge in [-0.05, 0) is 36.1 Å². The van der Waals surface area contributed by atoms with Gasteiger partial charge in [0.25, 0.3) is 0 Å². The Hall–Kier alpha value is -1.64. The highest BCUT2D eigenvalue weighted by Gasteiger charge is 2.31. The third-order valence-corrected chi connectivity index (χ3v) is 3.08. The summed E-state index contributed by atoms with van der Waals surface area (Å²) in [5.74, 6) is 0. The fourth-order valence-electron chi connectivity index (χ4n) is 2.19. The van der Waals surface area contributed by atoms with Crippen molar-refractivity contribution in [3.8, 4) is 0 Å². The summed E-state index contributed by atoms with van der Waals surface area (Å²) in [5.41, 5.74) is 3.32. The van der Waals surface area contributed by atoms with Crippen molar-refractivity contribution >= 4 is 0 Å². The lowest BCUT2D eigenvalue weighted by atomic mass is 9.80. The summed E-state index contributed by atoms with van der Waals surface area (Å²) in [4.78, 5) is 0. The third kappa shape index (κ3) is 2.61. The molecule has 0 amide bonds. The van der Waals surface area contributed by atoms with Crippen LogP contribution < -0.4 is 0 Å². The molecule has 0 bridgehead atoms. The van der Waals surface area contributed by atoms with E-state index in [4.69, 9.17) is 0 Å². The van der Waals surface area contributed by atoms with Crippen LogP contribution in [0.15, 0.2) is 71.9 Å². The first-order chi connectivity index (χ1) is 8.58. The third-order valence-electron chi connectivity index (χ3n) is 3.08. The molecule has 0 radical (unpaired) electrons. The van der Waals surface area contributed by atoms with E-state index in [1.807, 2.05) is 19.9 Å². The van der Waals surface area contributed by atoms with Crippen molar-refractivity contribution in [3.05, 3.63) is 71.9 Å². The zero-order chi connectivity index (χ0) is 13.7. The van der Waals surface area contributed by atoms with Crippen molar-refractivity contribution in [2.75, 3.05) is 0 Å². The Kier molecular flexibility index (Phi) is 5.08. The van der Waals surface area contributed by atoms with Gasteiger partial charge in [-0.3, -0.25) is 0 Å². The van der Waals surface area contributed by atoms with E-state index >= 15 is 0 Å². The van der Waals surface area contributed by atoms with Crippen LogP contribution in [0.2, 0.25) is 0 Å². The molecule has 2 unspecified atom stereocenters. The molecule has 0 saturated heterocycles. The Morgan fingerprint density at radius 2 is 1.78 bits per heavy atom. The molecule has 0 aromatic rings. The first-order valence-electron chi connectivity index (χ1n) is 5.94. The molecule has 2 nitrogen and oxygen atoms in total. The van der Waals surface area contributed by atoms with Gasteiger partial charge in [0.1, 0.15) is 12.2 Å². The van der Waals surface area contributed by atoms with Gasteiger partial charge in [0.2, 0.25) is 0 Å². The van der Waals surface area contributed by atoms with Crippen LogP contribution in [0.4, 0.5) is 0 Å². The fraction of sp³-hybridized carbons (Fsp3) is 0.250. The second kappa shape index (κ2) is 6.34. The maximum Gasteiger partial charge on any atom is 0.110 e. The maximum absolute atomic E-state index is 10.2. The van der Waals surface area contributed by atoms with Crippen LogP contribution >= 0.6 is 0 Å². The van der Waals surface area contributed by atoms with Crippen molar-refractivity contribution in [1.29, 1.82) is 0 Å². The average molecular weight is 244 g/mol. The number of hydrogen-bond donors (Lipinski definition) is 2. The predicted octanol–water partition coefficient (Wildman–Crippen LogP) is 2.84. The molecular weight excluding hydrogens is 224 g/mol. The summed E-state index contributed by atoms with van der Waals surface area (Å²) in [6, 6.07) is 0. The van der Waals surface area contributed by atoms with E-state index in [2.05, 4.69) is 13.2 Å². The topological polar surface area (TPSA) is 40.5 Å². The highest BCUT2D eigenvalue weighted by molar-refractivity contribution is 5.58. The van der Waals surface area contributed by atoms with E-state index in [9.17, 15) is 10.2 Å². The standard InChI is InChI=1S/C16H20O2/c1-5-8-10-13-11(4)12(7-3)14(9-6-2)16(18)15(13)17/h5-10,15-18H,1-2H2,3-4H3/b10-8-,12-7-,14-9+. The molecule has 0 fully saturated rings. The largest absolute Gasteiger partial charge is 0.385 e. The lowest BCUT2D eigenvalue weighted by Gasteiger charge is -2.31. The monoisotopic (exact) mass is 244 g/mol. The molecule has 1 aliphatic rings. The Bertz CT molecular complexity index is 461. The first kappa shape index (κ1) is 14.4. The van der Waals surface area contributed by atoms with E-state index in [1.54, 1.807) is 30.4 Å². The number of allylic oxidation sites excluding steroid dienone is 6. The molecule has 18 heavy (non-hydrogen) atoms. The lowest BCUT2D eigenvalue weighted by Crippen LogP contribution is -2.34.